The average molecular weight is 306 g/mol. The van der Waals surface area contributed by atoms with Crippen LogP contribution in [0.4, 0.5) is 4.79 Å². The number of amides is 2. The van der Waals surface area contributed by atoms with E-state index < -0.39 is 18.0 Å². The number of hydroxylamine groups is 2. The molecule has 1 aromatic heterocycles. The SMILES string of the molecule is CCCC(=O)ON(C(N)=O)C(C)c1cc2ccccc2s1. The van der Waals surface area contributed by atoms with Crippen LogP contribution in [-0.2, 0) is 9.63 Å². The first kappa shape index (κ1) is 15.3. The molecule has 2 amide bonds. The molecule has 1 unspecified atom stereocenters. The van der Waals surface area contributed by atoms with Crippen LogP contribution in [0.15, 0.2) is 30.3 Å². The number of hydrogen-bond donors (Lipinski definition) is 1. The summed E-state index contributed by atoms with van der Waals surface area (Å²) in [6.45, 7) is 3.65. The summed E-state index contributed by atoms with van der Waals surface area (Å²) < 4.78 is 1.11. The fourth-order valence-corrected chi connectivity index (χ4v) is 3.10. The van der Waals surface area contributed by atoms with Gasteiger partial charge in [0.05, 0.1) is 0 Å². The van der Waals surface area contributed by atoms with Crippen LogP contribution >= 0.6 is 11.3 Å². The van der Waals surface area contributed by atoms with Gasteiger partial charge in [0.15, 0.2) is 0 Å². The largest absolute Gasteiger partial charge is 0.349 e. The van der Waals surface area contributed by atoms with Crippen molar-refractivity contribution in [3.8, 4) is 0 Å². The van der Waals surface area contributed by atoms with Crippen LogP contribution in [0.3, 0.4) is 0 Å². The summed E-state index contributed by atoms with van der Waals surface area (Å²) in [5.74, 6) is -0.454. The number of thiophene rings is 1. The van der Waals surface area contributed by atoms with Crippen molar-refractivity contribution in [2.45, 2.75) is 32.7 Å². The molecule has 1 heterocycles. The predicted octanol–water partition coefficient (Wildman–Crippen LogP) is 3.60. The zero-order valence-electron chi connectivity index (χ0n) is 12.0. The molecular weight excluding hydrogens is 288 g/mol. The number of fused-ring (bicyclic) bond motifs is 1. The van der Waals surface area contributed by atoms with Gasteiger partial charge in [-0.05, 0) is 30.9 Å². The van der Waals surface area contributed by atoms with E-state index >= 15 is 0 Å². The van der Waals surface area contributed by atoms with E-state index in [1.165, 1.54) is 0 Å². The standard InChI is InChI=1S/C15H18N2O3S/c1-3-6-14(18)20-17(15(16)19)10(2)13-9-11-7-4-5-8-12(11)21-13/h4-5,7-10H,3,6H2,1-2H3,(H2,16,19). The minimum absolute atomic E-state index is 0.253. The molecular formula is C15H18N2O3S. The van der Waals surface area contributed by atoms with Gasteiger partial charge in [-0.1, -0.05) is 25.1 Å². The molecule has 6 heteroatoms. The topological polar surface area (TPSA) is 72.6 Å². The van der Waals surface area contributed by atoms with Crippen LogP contribution in [0.2, 0.25) is 0 Å². The van der Waals surface area contributed by atoms with E-state index in [0.717, 1.165) is 20.0 Å². The van der Waals surface area contributed by atoms with Crippen molar-refractivity contribution in [3.05, 3.63) is 35.2 Å². The zero-order valence-corrected chi connectivity index (χ0v) is 12.9. The van der Waals surface area contributed by atoms with Gasteiger partial charge < -0.3 is 10.6 Å². The number of rotatable bonds is 4. The number of nitrogens with zero attached hydrogens (tertiary/aromatic N) is 1. The third-order valence-corrected chi connectivity index (χ3v) is 4.37. The first-order valence-electron chi connectivity index (χ1n) is 6.81. The van der Waals surface area contributed by atoms with Crippen molar-refractivity contribution in [2.75, 3.05) is 0 Å². The number of carbonyl (C=O) groups excluding carboxylic acids is 2. The first-order chi connectivity index (χ1) is 10.0. The molecule has 2 rings (SSSR count). The smallest absolute Gasteiger partial charge is 0.348 e. The van der Waals surface area contributed by atoms with E-state index in [0.29, 0.717) is 6.42 Å². The van der Waals surface area contributed by atoms with Crippen LogP contribution in [0, 0.1) is 0 Å². The Morgan fingerprint density at radius 1 is 1.38 bits per heavy atom. The maximum atomic E-state index is 11.6. The van der Waals surface area contributed by atoms with E-state index in [1.807, 2.05) is 37.3 Å². The Hall–Kier alpha value is -2.08. The molecule has 0 spiro atoms. The molecule has 0 radical (unpaired) electrons. The van der Waals surface area contributed by atoms with Crippen molar-refractivity contribution in [1.29, 1.82) is 0 Å². The number of primary amides is 1. The highest BCUT2D eigenvalue weighted by Crippen LogP contribution is 2.32. The Kier molecular flexibility index (Phi) is 4.80. The maximum absolute atomic E-state index is 11.6. The lowest BCUT2D eigenvalue weighted by atomic mass is 10.2. The van der Waals surface area contributed by atoms with Gasteiger partial charge in [-0.3, -0.25) is 0 Å². The van der Waals surface area contributed by atoms with Gasteiger partial charge >= 0.3 is 12.0 Å². The second-order valence-electron chi connectivity index (χ2n) is 4.74. The van der Waals surface area contributed by atoms with E-state index in [1.54, 1.807) is 18.3 Å². The Labute approximate surface area is 127 Å². The molecule has 0 bridgehead atoms. The molecule has 0 aliphatic carbocycles. The van der Waals surface area contributed by atoms with Gasteiger partial charge in [0.2, 0.25) is 0 Å². The fraction of sp³-hybridized carbons (Fsp3) is 0.333. The predicted molar refractivity (Wildman–Crippen MR) is 82.7 cm³/mol. The minimum Gasteiger partial charge on any atom is -0.349 e. The van der Waals surface area contributed by atoms with E-state index in [4.69, 9.17) is 10.6 Å². The highest BCUT2D eigenvalue weighted by molar-refractivity contribution is 7.19. The Morgan fingerprint density at radius 2 is 2.10 bits per heavy atom. The monoisotopic (exact) mass is 306 g/mol. The summed E-state index contributed by atoms with van der Waals surface area (Å²) in [7, 11) is 0. The van der Waals surface area contributed by atoms with Gasteiger partial charge in [0.25, 0.3) is 0 Å². The lowest BCUT2D eigenvalue weighted by Gasteiger charge is -2.24. The Bertz CT molecular complexity index is 620. The molecule has 2 N–H and O–H groups in total. The third-order valence-electron chi connectivity index (χ3n) is 3.08. The van der Waals surface area contributed by atoms with Gasteiger partial charge in [-0.25, -0.2) is 9.59 Å². The van der Waals surface area contributed by atoms with E-state index in [9.17, 15) is 9.59 Å². The normalized spacial score (nSPS) is 12.1. The van der Waals surface area contributed by atoms with Gasteiger partial charge in [0, 0.05) is 16.0 Å². The summed E-state index contributed by atoms with van der Waals surface area (Å²) in [5, 5.41) is 2.04. The molecule has 1 aromatic carbocycles. The lowest BCUT2D eigenvalue weighted by molar-refractivity contribution is -0.183. The molecule has 0 saturated carbocycles. The molecule has 1 atom stereocenters. The number of urea groups is 1. The van der Waals surface area contributed by atoms with Crippen molar-refractivity contribution in [2.24, 2.45) is 5.73 Å². The lowest BCUT2D eigenvalue weighted by Crippen LogP contribution is -2.39. The number of carbonyl (C=O) groups is 2. The zero-order chi connectivity index (χ0) is 15.4. The van der Waals surface area contributed by atoms with Crippen LogP contribution in [-0.4, -0.2) is 17.1 Å². The van der Waals surface area contributed by atoms with Crippen molar-refractivity contribution < 1.29 is 14.4 Å². The minimum atomic E-state index is -0.774. The Balaban J connectivity index is 2.23. The molecule has 0 aliphatic heterocycles. The van der Waals surface area contributed by atoms with Crippen molar-refractivity contribution >= 4 is 33.4 Å². The highest BCUT2D eigenvalue weighted by atomic mass is 32.1. The highest BCUT2D eigenvalue weighted by Gasteiger charge is 2.25. The van der Waals surface area contributed by atoms with E-state index in [-0.39, 0.29) is 6.42 Å². The van der Waals surface area contributed by atoms with Crippen LogP contribution < -0.4 is 5.73 Å². The average Bonchev–Trinajstić information content (AvgIpc) is 2.88. The molecule has 0 aliphatic rings. The van der Waals surface area contributed by atoms with Crippen LogP contribution in [0.25, 0.3) is 10.1 Å². The summed E-state index contributed by atoms with van der Waals surface area (Å²) in [5.41, 5.74) is 5.33. The molecule has 5 nitrogen and oxygen atoms in total. The molecule has 2 aromatic rings. The van der Waals surface area contributed by atoms with Gasteiger partial charge in [-0.2, -0.15) is 0 Å². The molecule has 21 heavy (non-hydrogen) atoms. The van der Waals surface area contributed by atoms with Crippen molar-refractivity contribution in [1.82, 2.24) is 5.06 Å². The van der Waals surface area contributed by atoms with Crippen LogP contribution in [0.1, 0.15) is 37.6 Å². The number of hydrogen-bond acceptors (Lipinski definition) is 4. The van der Waals surface area contributed by atoms with Crippen molar-refractivity contribution in [3.63, 3.8) is 0 Å². The third kappa shape index (κ3) is 3.52. The summed E-state index contributed by atoms with van der Waals surface area (Å²) in [6, 6.07) is 8.71. The molecule has 112 valence electrons. The summed E-state index contributed by atoms with van der Waals surface area (Å²) >= 11 is 1.55. The summed E-state index contributed by atoms with van der Waals surface area (Å²) in [6.07, 6.45) is 0.908. The Morgan fingerprint density at radius 3 is 2.71 bits per heavy atom. The summed E-state index contributed by atoms with van der Waals surface area (Å²) in [4.78, 5) is 29.1. The number of nitrogens with two attached hydrogens (primary N) is 1. The quantitative estimate of drug-likeness (QED) is 0.877. The molecule has 0 fully saturated rings. The van der Waals surface area contributed by atoms with Gasteiger partial charge in [-0.15, -0.1) is 16.4 Å². The second-order valence-corrected chi connectivity index (χ2v) is 5.86. The number of benzene rings is 1. The first-order valence-corrected chi connectivity index (χ1v) is 7.62. The van der Waals surface area contributed by atoms with Gasteiger partial charge in [0.1, 0.15) is 6.04 Å². The molecule has 0 saturated heterocycles. The van der Waals surface area contributed by atoms with E-state index in [2.05, 4.69) is 0 Å². The second kappa shape index (κ2) is 6.58. The van der Waals surface area contributed by atoms with Crippen LogP contribution in [0.5, 0.6) is 0 Å². The fourth-order valence-electron chi connectivity index (χ4n) is 2.00. The maximum Gasteiger partial charge on any atom is 0.348 e.